The molecule has 9 heteroatoms. The first-order valence-corrected chi connectivity index (χ1v) is 10.3. The summed E-state index contributed by atoms with van der Waals surface area (Å²) >= 11 is 14.8. The van der Waals surface area contributed by atoms with Gasteiger partial charge in [0.1, 0.15) is 0 Å². The van der Waals surface area contributed by atoms with Crippen LogP contribution in [0.5, 0.6) is 0 Å². The lowest BCUT2D eigenvalue weighted by Crippen LogP contribution is -2.17. The van der Waals surface area contributed by atoms with Crippen molar-refractivity contribution in [3.63, 3.8) is 0 Å². The van der Waals surface area contributed by atoms with Crippen molar-refractivity contribution in [2.45, 2.75) is 20.4 Å². The van der Waals surface area contributed by atoms with Gasteiger partial charge in [0.2, 0.25) is 5.91 Å². The Balaban J connectivity index is 1.75. The van der Waals surface area contributed by atoms with Gasteiger partial charge < -0.3 is 5.32 Å². The van der Waals surface area contributed by atoms with Crippen molar-refractivity contribution >= 4 is 62.8 Å². The van der Waals surface area contributed by atoms with Crippen molar-refractivity contribution in [1.29, 1.82) is 0 Å². The van der Waals surface area contributed by atoms with Gasteiger partial charge in [0.15, 0.2) is 5.13 Å². The fourth-order valence-corrected chi connectivity index (χ4v) is 4.48. The summed E-state index contributed by atoms with van der Waals surface area (Å²) in [7, 11) is 0. The van der Waals surface area contributed by atoms with E-state index < -0.39 is 0 Å². The van der Waals surface area contributed by atoms with Crippen molar-refractivity contribution in [2.24, 2.45) is 0 Å². The minimum Gasteiger partial charge on any atom is -0.351 e. The number of aryl methyl sites for hydroxylation is 1. The summed E-state index contributed by atoms with van der Waals surface area (Å²) in [6.45, 7) is 3.93. The molecule has 2 amide bonds. The molecule has 3 rings (SSSR count). The molecule has 0 aliphatic heterocycles. The van der Waals surface area contributed by atoms with Gasteiger partial charge in [0.05, 0.1) is 27.2 Å². The number of amides is 2. The summed E-state index contributed by atoms with van der Waals surface area (Å²) in [6.07, 6.45) is 0. The van der Waals surface area contributed by atoms with E-state index in [9.17, 15) is 9.59 Å². The number of carbonyl (C=O) groups is 2. The fraction of sp³-hybridized carbons (Fsp3) is 0.167. The van der Waals surface area contributed by atoms with Crippen LogP contribution in [-0.2, 0) is 11.3 Å². The summed E-state index contributed by atoms with van der Waals surface area (Å²) in [5.41, 5.74) is 1.23. The minimum absolute atomic E-state index is 0.0675. The summed E-state index contributed by atoms with van der Waals surface area (Å²) in [6, 6.07) is 8.64. The maximum absolute atomic E-state index is 12.4. The molecular formula is C18H15Cl2N3O2S2. The summed E-state index contributed by atoms with van der Waals surface area (Å²) in [5, 5.41) is 6.80. The molecule has 3 aromatic rings. The highest BCUT2D eigenvalue weighted by Crippen LogP contribution is 2.35. The molecule has 0 saturated heterocycles. The van der Waals surface area contributed by atoms with Gasteiger partial charge in [-0.05, 0) is 37.3 Å². The molecule has 27 heavy (non-hydrogen) atoms. The smallest absolute Gasteiger partial charge is 0.257 e. The van der Waals surface area contributed by atoms with Crippen molar-refractivity contribution in [1.82, 2.24) is 10.3 Å². The van der Waals surface area contributed by atoms with Crippen LogP contribution in [0.25, 0.3) is 10.6 Å². The van der Waals surface area contributed by atoms with E-state index in [1.54, 1.807) is 23.5 Å². The highest BCUT2D eigenvalue weighted by atomic mass is 35.5. The monoisotopic (exact) mass is 439 g/mol. The van der Waals surface area contributed by atoms with Gasteiger partial charge in [-0.25, -0.2) is 4.98 Å². The number of rotatable bonds is 5. The van der Waals surface area contributed by atoms with Crippen LogP contribution in [0.1, 0.15) is 27.0 Å². The molecule has 140 valence electrons. The number of benzene rings is 1. The van der Waals surface area contributed by atoms with Crippen LogP contribution >= 0.6 is 45.9 Å². The SMILES string of the molecule is CC(=O)NCc1ccc(-c2nc(NC(=O)c3ccc(Cl)c(Cl)c3)sc2C)s1. The minimum atomic E-state index is -0.300. The Morgan fingerprint density at radius 1 is 1.11 bits per heavy atom. The second-order valence-corrected chi connectivity index (χ2v) is 8.87. The summed E-state index contributed by atoms with van der Waals surface area (Å²) < 4.78 is 0. The van der Waals surface area contributed by atoms with Crippen molar-refractivity contribution in [3.05, 3.63) is 55.7 Å². The second-order valence-electron chi connectivity index (χ2n) is 5.68. The molecule has 0 saturated carbocycles. The number of nitrogens with one attached hydrogen (secondary N) is 2. The molecule has 0 atom stereocenters. The Morgan fingerprint density at radius 3 is 2.59 bits per heavy atom. The lowest BCUT2D eigenvalue weighted by Gasteiger charge is -2.03. The Morgan fingerprint density at radius 2 is 1.89 bits per heavy atom. The molecule has 0 radical (unpaired) electrons. The molecule has 2 aromatic heterocycles. The number of nitrogens with zero attached hydrogens (tertiary/aromatic N) is 1. The quantitative estimate of drug-likeness (QED) is 0.560. The number of hydrogen-bond donors (Lipinski definition) is 2. The predicted octanol–water partition coefficient (Wildman–Crippen LogP) is 5.38. The molecule has 0 fully saturated rings. The summed E-state index contributed by atoms with van der Waals surface area (Å²) in [4.78, 5) is 31.0. The van der Waals surface area contributed by atoms with Gasteiger partial charge in [-0.1, -0.05) is 23.2 Å². The number of halogens is 2. The molecule has 2 heterocycles. The van der Waals surface area contributed by atoms with Gasteiger partial charge in [-0.2, -0.15) is 0 Å². The van der Waals surface area contributed by atoms with Crippen molar-refractivity contribution in [3.8, 4) is 10.6 Å². The first-order valence-electron chi connectivity index (χ1n) is 7.91. The lowest BCUT2D eigenvalue weighted by atomic mass is 10.2. The zero-order chi connectivity index (χ0) is 19.6. The number of thiazole rings is 1. The third-order valence-corrected chi connectivity index (χ3v) is 6.32. The van der Waals surface area contributed by atoms with E-state index in [0.717, 1.165) is 20.3 Å². The van der Waals surface area contributed by atoms with E-state index in [2.05, 4.69) is 15.6 Å². The number of aromatic nitrogens is 1. The Labute approximate surface area is 174 Å². The Kier molecular flexibility index (Phi) is 6.16. The summed E-state index contributed by atoms with van der Waals surface area (Å²) in [5.74, 6) is -0.367. The number of hydrogen-bond acceptors (Lipinski definition) is 5. The van der Waals surface area contributed by atoms with Crippen LogP contribution in [0.2, 0.25) is 10.0 Å². The molecule has 0 aliphatic rings. The fourth-order valence-electron chi connectivity index (χ4n) is 2.30. The first kappa shape index (κ1) is 19.8. The van der Waals surface area contributed by atoms with Crippen molar-refractivity contribution < 1.29 is 9.59 Å². The second kappa shape index (κ2) is 8.39. The van der Waals surface area contributed by atoms with Crippen LogP contribution in [0.15, 0.2) is 30.3 Å². The number of thiophene rings is 1. The van der Waals surface area contributed by atoms with E-state index in [1.807, 2.05) is 19.1 Å². The Bertz CT molecular complexity index is 1010. The third-order valence-electron chi connectivity index (χ3n) is 3.61. The van der Waals surface area contributed by atoms with E-state index in [1.165, 1.54) is 24.3 Å². The van der Waals surface area contributed by atoms with E-state index >= 15 is 0 Å². The van der Waals surface area contributed by atoms with Gasteiger partial charge in [0, 0.05) is 22.2 Å². The average molecular weight is 440 g/mol. The molecule has 0 unspecified atom stereocenters. The highest BCUT2D eigenvalue weighted by Gasteiger charge is 2.15. The maximum atomic E-state index is 12.4. The zero-order valence-electron chi connectivity index (χ0n) is 14.4. The normalized spacial score (nSPS) is 10.7. The van der Waals surface area contributed by atoms with Crippen LogP contribution in [-0.4, -0.2) is 16.8 Å². The Hall–Kier alpha value is -1.93. The topological polar surface area (TPSA) is 71.1 Å². The van der Waals surface area contributed by atoms with Crippen LogP contribution in [0.3, 0.4) is 0 Å². The molecule has 0 bridgehead atoms. The zero-order valence-corrected chi connectivity index (χ0v) is 17.6. The highest BCUT2D eigenvalue weighted by molar-refractivity contribution is 7.18. The van der Waals surface area contributed by atoms with Crippen molar-refractivity contribution in [2.75, 3.05) is 5.32 Å². The molecule has 2 N–H and O–H groups in total. The maximum Gasteiger partial charge on any atom is 0.257 e. The average Bonchev–Trinajstić information content (AvgIpc) is 3.21. The van der Waals surface area contributed by atoms with E-state index in [4.69, 9.17) is 23.2 Å². The molecule has 1 aromatic carbocycles. The third kappa shape index (κ3) is 4.87. The standard InChI is InChI=1S/C18H15Cl2N3O2S2/c1-9-16(15-6-4-12(27-15)8-21-10(2)24)22-18(26-9)23-17(25)11-3-5-13(19)14(20)7-11/h3-7H,8H2,1-2H3,(H,21,24)(H,22,23,25). The van der Waals surface area contributed by atoms with Gasteiger partial charge >= 0.3 is 0 Å². The molecule has 0 aliphatic carbocycles. The molecular weight excluding hydrogens is 425 g/mol. The predicted molar refractivity (Wildman–Crippen MR) is 112 cm³/mol. The van der Waals surface area contributed by atoms with E-state index in [-0.39, 0.29) is 11.8 Å². The van der Waals surface area contributed by atoms with Gasteiger partial charge in [-0.3, -0.25) is 14.9 Å². The largest absolute Gasteiger partial charge is 0.351 e. The first-order chi connectivity index (χ1) is 12.8. The lowest BCUT2D eigenvalue weighted by molar-refractivity contribution is -0.119. The number of anilines is 1. The van der Waals surface area contributed by atoms with Crippen LogP contribution in [0.4, 0.5) is 5.13 Å². The van der Waals surface area contributed by atoms with Crippen LogP contribution < -0.4 is 10.6 Å². The van der Waals surface area contributed by atoms with Crippen LogP contribution in [0, 0.1) is 6.92 Å². The number of carbonyl (C=O) groups excluding carboxylic acids is 2. The molecule has 0 spiro atoms. The molecule has 5 nitrogen and oxygen atoms in total. The van der Waals surface area contributed by atoms with Gasteiger partial charge in [-0.15, -0.1) is 22.7 Å². The van der Waals surface area contributed by atoms with E-state index in [0.29, 0.717) is 27.3 Å². The van der Waals surface area contributed by atoms with Gasteiger partial charge in [0.25, 0.3) is 5.91 Å².